The molecule has 1 atom stereocenters. The zero-order chi connectivity index (χ0) is 17.7. The summed E-state index contributed by atoms with van der Waals surface area (Å²) in [4.78, 5) is 28.0. The van der Waals surface area contributed by atoms with Crippen LogP contribution in [-0.2, 0) is 10.3 Å². The van der Waals surface area contributed by atoms with Gasteiger partial charge in [-0.1, -0.05) is 13.0 Å². The Balaban J connectivity index is 2.08. The second-order valence-corrected chi connectivity index (χ2v) is 6.68. The molecule has 1 aromatic heterocycles. The summed E-state index contributed by atoms with van der Waals surface area (Å²) >= 11 is 1.54. The number of amides is 3. The molecule has 0 fully saturated rings. The van der Waals surface area contributed by atoms with Crippen LogP contribution in [-0.4, -0.2) is 16.9 Å². The molecule has 0 saturated carbocycles. The third-order valence-electron chi connectivity index (χ3n) is 3.63. The molecule has 2 rings (SSSR count). The van der Waals surface area contributed by atoms with Crippen molar-refractivity contribution in [2.45, 2.75) is 39.7 Å². The lowest BCUT2D eigenvalue weighted by molar-refractivity contribution is -0.114. The first-order valence-electron chi connectivity index (χ1n) is 7.72. The van der Waals surface area contributed by atoms with Crippen molar-refractivity contribution in [2.24, 2.45) is 0 Å². The van der Waals surface area contributed by atoms with Crippen molar-refractivity contribution in [1.29, 1.82) is 0 Å². The van der Waals surface area contributed by atoms with Crippen LogP contribution in [0.5, 0.6) is 0 Å². The number of carbonyl (C=O) groups is 2. The molecule has 1 heterocycles. The summed E-state index contributed by atoms with van der Waals surface area (Å²) in [7, 11) is 0. The molecule has 7 heteroatoms. The zero-order valence-electron chi connectivity index (χ0n) is 14.3. The van der Waals surface area contributed by atoms with Crippen LogP contribution in [0.4, 0.5) is 16.2 Å². The number of hydrogen-bond acceptors (Lipinski definition) is 4. The number of aromatic nitrogens is 1. The Morgan fingerprint density at radius 3 is 2.46 bits per heavy atom. The highest BCUT2D eigenvalue weighted by molar-refractivity contribution is 7.09. The molecule has 3 amide bonds. The standard InChI is InChI=1S/C17H22N4O2S/c1-5-17(4,15-18-11(2)10-24-15)21-16(23)20-14-8-6-7-13(9-14)19-12(3)22/h6-10H,5H2,1-4H3,(H,19,22)(H2,20,21,23)/t17-/m0/s1. The predicted octanol–water partition coefficient (Wildman–Crippen LogP) is 3.86. The van der Waals surface area contributed by atoms with Gasteiger partial charge in [0, 0.05) is 29.4 Å². The first-order chi connectivity index (χ1) is 11.3. The van der Waals surface area contributed by atoms with Gasteiger partial charge < -0.3 is 16.0 Å². The third kappa shape index (κ3) is 4.55. The molecule has 2 aromatic rings. The van der Waals surface area contributed by atoms with Crippen molar-refractivity contribution in [3.63, 3.8) is 0 Å². The molecule has 3 N–H and O–H groups in total. The fraction of sp³-hybridized carbons (Fsp3) is 0.353. The van der Waals surface area contributed by atoms with E-state index in [1.807, 2.05) is 26.2 Å². The lowest BCUT2D eigenvalue weighted by Gasteiger charge is -2.27. The summed E-state index contributed by atoms with van der Waals surface area (Å²) in [6, 6.07) is 6.69. The summed E-state index contributed by atoms with van der Waals surface area (Å²) < 4.78 is 0. The highest BCUT2D eigenvalue weighted by Gasteiger charge is 2.29. The molecule has 24 heavy (non-hydrogen) atoms. The Kier molecular flexibility index (Phi) is 5.56. The van der Waals surface area contributed by atoms with Gasteiger partial charge in [0.25, 0.3) is 0 Å². The van der Waals surface area contributed by atoms with Crippen molar-refractivity contribution >= 4 is 34.6 Å². The van der Waals surface area contributed by atoms with Crippen molar-refractivity contribution < 1.29 is 9.59 Å². The van der Waals surface area contributed by atoms with Crippen molar-refractivity contribution in [1.82, 2.24) is 10.3 Å². The van der Waals surface area contributed by atoms with Crippen LogP contribution < -0.4 is 16.0 Å². The summed E-state index contributed by atoms with van der Waals surface area (Å²) in [5.41, 5.74) is 1.65. The van der Waals surface area contributed by atoms with Gasteiger partial charge in [-0.15, -0.1) is 11.3 Å². The van der Waals surface area contributed by atoms with Crippen LogP contribution in [0.15, 0.2) is 29.6 Å². The van der Waals surface area contributed by atoms with Crippen LogP contribution in [0, 0.1) is 6.92 Å². The van der Waals surface area contributed by atoms with E-state index in [-0.39, 0.29) is 11.9 Å². The van der Waals surface area contributed by atoms with E-state index in [4.69, 9.17) is 0 Å². The Morgan fingerprint density at radius 2 is 1.92 bits per heavy atom. The normalized spacial score (nSPS) is 13.0. The van der Waals surface area contributed by atoms with E-state index in [9.17, 15) is 9.59 Å². The average molecular weight is 346 g/mol. The number of carbonyl (C=O) groups excluding carboxylic acids is 2. The number of hydrogen-bond donors (Lipinski definition) is 3. The molecular formula is C17H22N4O2S. The number of anilines is 2. The Labute approximate surface area is 145 Å². The Bertz CT molecular complexity index is 744. The highest BCUT2D eigenvalue weighted by atomic mass is 32.1. The van der Waals surface area contributed by atoms with Gasteiger partial charge in [0.05, 0.1) is 5.54 Å². The molecule has 0 unspecified atom stereocenters. The number of thiazole rings is 1. The first kappa shape index (κ1) is 17.9. The number of aryl methyl sites for hydroxylation is 1. The van der Waals surface area contributed by atoms with Crippen LogP contribution >= 0.6 is 11.3 Å². The monoisotopic (exact) mass is 346 g/mol. The lowest BCUT2D eigenvalue weighted by Crippen LogP contribution is -2.45. The fourth-order valence-corrected chi connectivity index (χ4v) is 3.18. The molecule has 0 spiro atoms. The molecule has 0 saturated heterocycles. The van der Waals surface area contributed by atoms with Crippen LogP contribution in [0.3, 0.4) is 0 Å². The molecule has 0 radical (unpaired) electrons. The van der Waals surface area contributed by atoms with E-state index in [0.29, 0.717) is 11.4 Å². The Hall–Kier alpha value is -2.41. The van der Waals surface area contributed by atoms with Gasteiger partial charge in [-0.3, -0.25) is 4.79 Å². The third-order valence-corrected chi connectivity index (χ3v) is 4.85. The average Bonchev–Trinajstić information content (AvgIpc) is 2.94. The van der Waals surface area contributed by atoms with E-state index in [2.05, 4.69) is 20.9 Å². The maximum absolute atomic E-state index is 12.4. The molecule has 0 aliphatic heterocycles. The summed E-state index contributed by atoms with van der Waals surface area (Å²) in [5.74, 6) is -0.158. The second-order valence-electron chi connectivity index (χ2n) is 5.82. The minimum atomic E-state index is -0.530. The van der Waals surface area contributed by atoms with E-state index in [0.717, 1.165) is 17.1 Å². The van der Waals surface area contributed by atoms with E-state index >= 15 is 0 Å². The number of rotatable bonds is 5. The van der Waals surface area contributed by atoms with Gasteiger partial charge >= 0.3 is 6.03 Å². The quantitative estimate of drug-likeness (QED) is 0.769. The van der Waals surface area contributed by atoms with Crippen LogP contribution in [0.25, 0.3) is 0 Å². The number of nitrogens with zero attached hydrogens (tertiary/aromatic N) is 1. The Morgan fingerprint density at radius 1 is 1.25 bits per heavy atom. The molecule has 1 aromatic carbocycles. The van der Waals surface area contributed by atoms with Gasteiger partial charge in [-0.25, -0.2) is 9.78 Å². The molecular weight excluding hydrogens is 324 g/mol. The van der Waals surface area contributed by atoms with Gasteiger partial charge in [0.15, 0.2) is 0 Å². The van der Waals surface area contributed by atoms with Gasteiger partial charge in [0.1, 0.15) is 5.01 Å². The molecule has 0 aliphatic carbocycles. The van der Waals surface area contributed by atoms with Crippen molar-refractivity contribution in [3.05, 3.63) is 40.3 Å². The number of nitrogens with one attached hydrogen (secondary N) is 3. The minimum absolute atomic E-state index is 0.158. The summed E-state index contributed by atoms with van der Waals surface area (Å²) in [6.07, 6.45) is 0.722. The first-order valence-corrected chi connectivity index (χ1v) is 8.60. The van der Waals surface area contributed by atoms with Gasteiger partial charge in [0.2, 0.25) is 5.91 Å². The topological polar surface area (TPSA) is 83.1 Å². The predicted molar refractivity (Wildman–Crippen MR) is 97.4 cm³/mol. The molecule has 6 nitrogen and oxygen atoms in total. The van der Waals surface area contributed by atoms with Crippen molar-refractivity contribution in [3.8, 4) is 0 Å². The number of urea groups is 1. The van der Waals surface area contributed by atoms with Crippen LogP contribution in [0.1, 0.15) is 37.9 Å². The van der Waals surface area contributed by atoms with Gasteiger partial charge in [-0.05, 0) is 38.5 Å². The fourth-order valence-electron chi connectivity index (χ4n) is 2.19. The second kappa shape index (κ2) is 7.44. The summed E-state index contributed by atoms with van der Waals surface area (Å²) in [5, 5.41) is 11.3. The minimum Gasteiger partial charge on any atom is -0.326 e. The molecule has 128 valence electrons. The molecule has 0 aliphatic rings. The maximum Gasteiger partial charge on any atom is 0.320 e. The van der Waals surface area contributed by atoms with Crippen LogP contribution in [0.2, 0.25) is 0 Å². The SMILES string of the molecule is CC[C@](C)(NC(=O)Nc1cccc(NC(C)=O)c1)c1nc(C)cs1. The lowest BCUT2D eigenvalue weighted by atomic mass is 10.0. The largest absolute Gasteiger partial charge is 0.326 e. The molecule has 0 bridgehead atoms. The van der Waals surface area contributed by atoms with E-state index < -0.39 is 5.54 Å². The zero-order valence-corrected chi connectivity index (χ0v) is 15.1. The maximum atomic E-state index is 12.4. The van der Waals surface area contributed by atoms with Gasteiger partial charge in [-0.2, -0.15) is 0 Å². The smallest absolute Gasteiger partial charge is 0.320 e. The highest BCUT2D eigenvalue weighted by Crippen LogP contribution is 2.27. The van der Waals surface area contributed by atoms with E-state index in [1.165, 1.54) is 18.3 Å². The van der Waals surface area contributed by atoms with Crippen molar-refractivity contribution in [2.75, 3.05) is 10.6 Å². The number of benzene rings is 1. The van der Waals surface area contributed by atoms with E-state index in [1.54, 1.807) is 24.3 Å². The summed E-state index contributed by atoms with van der Waals surface area (Å²) in [6.45, 7) is 7.34.